The molecule has 220 valence electrons. The third-order valence-corrected chi connectivity index (χ3v) is 7.99. The second-order valence-corrected chi connectivity index (χ2v) is 13.3. The summed E-state index contributed by atoms with van der Waals surface area (Å²) in [7, 11) is 0. The van der Waals surface area contributed by atoms with Crippen LogP contribution in [0.5, 0.6) is 5.75 Å². The number of para-hydroxylation sites is 3. The van der Waals surface area contributed by atoms with E-state index in [1.165, 1.54) is 0 Å². The molecular weight excluding hydrogens is 540 g/mol. The molecule has 2 aromatic heterocycles. The molecule has 0 aliphatic carbocycles. The van der Waals surface area contributed by atoms with Crippen molar-refractivity contribution in [1.29, 1.82) is 0 Å². The van der Waals surface area contributed by atoms with Gasteiger partial charge in [0.1, 0.15) is 11.6 Å². The minimum Gasteiger partial charge on any atom is -0.507 e. The number of aliphatic imine (C=N–C) groups is 1. The fourth-order valence-corrected chi connectivity index (χ4v) is 5.56. The van der Waals surface area contributed by atoms with Gasteiger partial charge in [-0.15, -0.1) is 0 Å². The van der Waals surface area contributed by atoms with Crippen LogP contribution in [-0.4, -0.2) is 25.9 Å². The van der Waals surface area contributed by atoms with Crippen molar-refractivity contribution in [2.45, 2.75) is 52.4 Å². The minimum atomic E-state index is -0.223. The summed E-state index contributed by atoms with van der Waals surface area (Å²) < 4.78 is 2.20. The van der Waals surface area contributed by atoms with Crippen LogP contribution in [-0.2, 0) is 10.8 Å². The van der Waals surface area contributed by atoms with Crippen molar-refractivity contribution in [3.05, 3.63) is 126 Å². The van der Waals surface area contributed by atoms with Crippen molar-refractivity contribution in [3.8, 4) is 34.0 Å². The molecule has 44 heavy (non-hydrogen) atoms. The first kappa shape index (κ1) is 29.1. The number of pyridine rings is 1. The summed E-state index contributed by atoms with van der Waals surface area (Å²) in [6, 6.07) is 32.9. The Morgan fingerprint density at radius 1 is 0.727 bits per heavy atom. The van der Waals surface area contributed by atoms with Crippen molar-refractivity contribution in [3.63, 3.8) is 0 Å². The standard InChI is InChI=1S/C39H38N4O/c1-38(2,3)28-23-27(36(44)32(24-28)39(4,5)6)25-41-33-17-11-10-15-31(33)37-42-35-30(26-19-21-40-22-20-26)16-12-18-34(35)43(37)29-13-8-7-9-14-29/h7-25,44H,1-6H3. The molecule has 0 atom stereocenters. The zero-order valence-corrected chi connectivity index (χ0v) is 26.2. The van der Waals surface area contributed by atoms with Crippen LogP contribution in [0.2, 0.25) is 0 Å². The van der Waals surface area contributed by atoms with Crippen LogP contribution in [0.3, 0.4) is 0 Å². The highest BCUT2D eigenvalue weighted by Crippen LogP contribution is 2.39. The Morgan fingerprint density at radius 2 is 1.41 bits per heavy atom. The minimum absolute atomic E-state index is 0.0821. The van der Waals surface area contributed by atoms with Crippen molar-refractivity contribution in [2.75, 3.05) is 0 Å². The van der Waals surface area contributed by atoms with Crippen LogP contribution in [0.15, 0.2) is 114 Å². The van der Waals surface area contributed by atoms with Crippen LogP contribution in [0.25, 0.3) is 39.2 Å². The van der Waals surface area contributed by atoms with Gasteiger partial charge in [0.15, 0.2) is 0 Å². The summed E-state index contributed by atoms with van der Waals surface area (Å²) in [6.07, 6.45) is 5.40. The molecule has 2 heterocycles. The number of fused-ring (bicyclic) bond motifs is 1. The predicted molar refractivity (Wildman–Crippen MR) is 182 cm³/mol. The van der Waals surface area contributed by atoms with E-state index in [0.717, 1.165) is 56.0 Å². The lowest BCUT2D eigenvalue weighted by Gasteiger charge is -2.27. The van der Waals surface area contributed by atoms with Crippen LogP contribution < -0.4 is 0 Å². The number of hydrogen-bond donors (Lipinski definition) is 1. The number of benzene rings is 4. The summed E-state index contributed by atoms with van der Waals surface area (Å²) >= 11 is 0. The van der Waals surface area contributed by atoms with Gasteiger partial charge in [0.05, 0.1) is 16.7 Å². The van der Waals surface area contributed by atoms with Crippen LogP contribution in [0.1, 0.15) is 58.2 Å². The first-order valence-corrected chi connectivity index (χ1v) is 15.0. The van der Waals surface area contributed by atoms with E-state index in [1.807, 2.05) is 60.9 Å². The molecule has 4 aromatic carbocycles. The lowest BCUT2D eigenvalue weighted by atomic mass is 9.79. The number of hydrogen-bond acceptors (Lipinski definition) is 4. The molecule has 0 fully saturated rings. The first-order valence-electron chi connectivity index (χ1n) is 15.0. The Labute approximate surface area is 259 Å². The Morgan fingerprint density at radius 3 is 2.11 bits per heavy atom. The van der Waals surface area contributed by atoms with Crippen molar-refractivity contribution >= 4 is 22.9 Å². The Bertz CT molecular complexity index is 1980. The summed E-state index contributed by atoms with van der Waals surface area (Å²) in [5.41, 5.74) is 9.15. The zero-order chi connectivity index (χ0) is 31.1. The van der Waals surface area contributed by atoms with Gasteiger partial charge in [-0.3, -0.25) is 14.5 Å². The maximum absolute atomic E-state index is 11.4. The van der Waals surface area contributed by atoms with E-state index in [0.29, 0.717) is 5.56 Å². The lowest BCUT2D eigenvalue weighted by Crippen LogP contribution is -2.17. The largest absolute Gasteiger partial charge is 0.507 e. The average Bonchev–Trinajstić information content (AvgIpc) is 3.40. The van der Waals surface area contributed by atoms with Crippen molar-refractivity contribution in [2.24, 2.45) is 4.99 Å². The van der Waals surface area contributed by atoms with Crippen LogP contribution in [0.4, 0.5) is 5.69 Å². The van der Waals surface area contributed by atoms with Crippen molar-refractivity contribution < 1.29 is 5.11 Å². The highest BCUT2D eigenvalue weighted by Gasteiger charge is 2.25. The van der Waals surface area contributed by atoms with E-state index in [2.05, 4.69) is 99.6 Å². The van der Waals surface area contributed by atoms with Gasteiger partial charge in [0.25, 0.3) is 0 Å². The van der Waals surface area contributed by atoms with Gasteiger partial charge in [0.2, 0.25) is 0 Å². The zero-order valence-electron chi connectivity index (χ0n) is 26.2. The van der Waals surface area contributed by atoms with Crippen LogP contribution >= 0.6 is 0 Å². The van der Waals surface area contributed by atoms with Gasteiger partial charge >= 0.3 is 0 Å². The summed E-state index contributed by atoms with van der Waals surface area (Å²) in [4.78, 5) is 14.5. The molecule has 5 nitrogen and oxygen atoms in total. The fraction of sp³-hybridized carbons (Fsp3) is 0.205. The second kappa shape index (κ2) is 11.2. The number of nitrogens with zero attached hydrogens (tertiary/aromatic N) is 4. The van der Waals surface area contributed by atoms with Gasteiger partial charge in [-0.25, -0.2) is 4.98 Å². The molecular formula is C39H38N4O. The molecule has 0 amide bonds. The third kappa shape index (κ3) is 5.53. The molecule has 0 radical (unpaired) electrons. The van der Waals surface area contributed by atoms with Gasteiger partial charge in [0, 0.05) is 46.5 Å². The first-order chi connectivity index (χ1) is 21.0. The number of aromatic nitrogens is 3. The molecule has 6 rings (SSSR count). The number of phenolic OH excluding ortho intramolecular Hbond substituents is 1. The predicted octanol–water partition coefficient (Wildman–Crippen LogP) is 9.81. The summed E-state index contributed by atoms with van der Waals surface area (Å²) in [5.74, 6) is 1.06. The van der Waals surface area contributed by atoms with Crippen molar-refractivity contribution in [1.82, 2.24) is 14.5 Å². The fourth-order valence-electron chi connectivity index (χ4n) is 5.56. The van der Waals surface area contributed by atoms with E-state index in [4.69, 9.17) is 9.98 Å². The molecule has 0 unspecified atom stereocenters. The normalized spacial score (nSPS) is 12.3. The average molecular weight is 579 g/mol. The maximum atomic E-state index is 11.4. The highest BCUT2D eigenvalue weighted by atomic mass is 16.3. The number of imidazole rings is 1. The Kier molecular flexibility index (Phi) is 7.42. The van der Waals surface area contributed by atoms with E-state index in [9.17, 15) is 5.11 Å². The highest BCUT2D eigenvalue weighted by molar-refractivity contribution is 5.96. The molecule has 5 heteroatoms. The van der Waals surface area contributed by atoms with E-state index < -0.39 is 0 Å². The molecule has 0 spiro atoms. The maximum Gasteiger partial charge on any atom is 0.147 e. The van der Waals surface area contributed by atoms with Gasteiger partial charge < -0.3 is 5.11 Å². The van der Waals surface area contributed by atoms with Gasteiger partial charge in [-0.2, -0.15) is 0 Å². The number of phenols is 1. The summed E-state index contributed by atoms with van der Waals surface area (Å²) in [6.45, 7) is 12.9. The third-order valence-electron chi connectivity index (χ3n) is 7.99. The molecule has 6 aromatic rings. The van der Waals surface area contributed by atoms with E-state index in [-0.39, 0.29) is 16.6 Å². The van der Waals surface area contributed by atoms with E-state index in [1.54, 1.807) is 6.21 Å². The molecule has 0 saturated carbocycles. The molecule has 1 N–H and O–H groups in total. The van der Waals surface area contributed by atoms with Gasteiger partial charge in [-0.1, -0.05) is 90.1 Å². The number of aromatic hydroxyl groups is 1. The number of rotatable bonds is 5. The quantitative estimate of drug-likeness (QED) is 0.207. The Balaban J connectivity index is 1.56. The lowest BCUT2D eigenvalue weighted by molar-refractivity contribution is 0.444. The molecule has 0 aliphatic heterocycles. The summed E-state index contributed by atoms with van der Waals surface area (Å²) in [5, 5.41) is 11.4. The molecule has 0 bridgehead atoms. The SMILES string of the molecule is CC(C)(C)c1cc(C=Nc2ccccc2-c2nc3c(-c4ccncc4)cccc3n2-c2ccccc2)c(O)c(C(C)(C)C)c1. The van der Waals surface area contributed by atoms with Gasteiger partial charge in [-0.05, 0) is 70.5 Å². The smallest absolute Gasteiger partial charge is 0.147 e. The molecule has 0 aliphatic rings. The topological polar surface area (TPSA) is 63.3 Å². The monoisotopic (exact) mass is 578 g/mol. The molecule has 0 saturated heterocycles. The Hall–Kier alpha value is -5.03. The van der Waals surface area contributed by atoms with E-state index >= 15 is 0 Å². The second-order valence-electron chi connectivity index (χ2n) is 13.3. The van der Waals surface area contributed by atoms with Crippen LogP contribution in [0, 0.1) is 0 Å².